The zero-order valence-corrected chi connectivity index (χ0v) is 12.5. The Morgan fingerprint density at radius 3 is 2.58 bits per heavy atom. The largest absolute Gasteiger partial charge is 0.368 e. The SMILES string of the molecule is CCC1CCC(CNc2nc(NC)ncc2Cl)CC1. The van der Waals surface area contributed by atoms with Crippen molar-refractivity contribution >= 4 is 23.4 Å². The molecule has 1 fully saturated rings. The van der Waals surface area contributed by atoms with Gasteiger partial charge in [-0.15, -0.1) is 0 Å². The second-order valence-electron chi connectivity index (χ2n) is 5.32. The Morgan fingerprint density at radius 2 is 1.95 bits per heavy atom. The number of hydrogen-bond acceptors (Lipinski definition) is 4. The highest BCUT2D eigenvalue weighted by molar-refractivity contribution is 6.32. The van der Waals surface area contributed by atoms with Crippen molar-refractivity contribution in [2.45, 2.75) is 39.0 Å². The van der Waals surface area contributed by atoms with Gasteiger partial charge in [0.1, 0.15) is 10.8 Å². The van der Waals surface area contributed by atoms with Gasteiger partial charge in [-0.1, -0.05) is 37.8 Å². The van der Waals surface area contributed by atoms with Crippen LogP contribution in [-0.4, -0.2) is 23.6 Å². The maximum atomic E-state index is 6.10. The summed E-state index contributed by atoms with van der Waals surface area (Å²) in [5.74, 6) is 3.02. The van der Waals surface area contributed by atoms with Gasteiger partial charge in [0.15, 0.2) is 0 Å². The molecule has 1 heterocycles. The fraction of sp³-hybridized carbons (Fsp3) is 0.714. The zero-order valence-electron chi connectivity index (χ0n) is 11.7. The van der Waals surface area contributed by atoms with Crippen LogP contribution >= 0.6 is 11.6 Å². The molecule has 0 saturated heterocycles. The van der Waals surface area contributed by atoms with Gasteiger partial charge in [-0.05, 0) is 24.7 Å². The van der Waals surface area contributed by atoms with E-state index in [2.05, 4.69) is 27.5 Å². The zero-order chi connectivity index (χ0) is 13.7. The molecule has 1 saturated carbocycles. The monoisotopic (exact) mass is 282 g/mol. The summed E-state index contributed by atoms with van der Waals surface area (Å²) in [6.45, 7) is 3.25. The number of rotatable bonds is 5. The number of anilines is 2. The van der Waals surface area contributed by atoms with E-state index in [1.165, 1.54) is 32.1 Å². The van der Waals surface area contributed by atoms with Gasteiger partial charge in [0, 0.05) is 13.6 Å². The molecule has 5 heteroatoms. The normalized spacial score (nSPS) is 23.1. The average molecular weight is 283 g/mol. The van der Waals surface area contributed by atoms with Crippen LogP contribution in [0.2, 0.25) is 5.02 Å². The number of halogens is 1. The molecule has 0 bridgehead atoms. The van der Waals surface area contributed by atoms with Crippen molar-refractivity contribution in [3.05, 3.63) is 11.2 Å². The fourth-order valence-electron chi connectivity index (χ4n) is 2.70. The molecule has 19 heavy (non-hydrogen) atoms. The van der Waals surface area contributed by atoms with E-state index in [-0.39, 0.29) is 0 Å². The van der Waals surface area contributed by atoms with Crippen LogP contribution in [0, 0.1) is 11.8 Å². The molecular weight excluding hydrogens is 260 g/mol. The summed E-state index contributed by atoms with van der Waals surface area (Å²) in [5, 5.41) is 6.88. The van der Waals surface area contributed by atoms with E-state index in [0.29, 0.717) is 11.0 Å². The molecular formula is C14H23ClN4. The molecule has 1 aliphatic carbocycles. The van der Waals surface area contributed by atoms with Gasteiger partial charge in [-0.2, -0.15) is 4.98 Å². The molecule has 0 amide bonds. The van der Waals surface area contributed by atoms with Crippen molar-refractivity contribution in [2.75, 3.05) is 24.2 Å². The quantitative estimate of drug-likeness (QED) is 0.862. The van der Waals surface area contributed by atoms with Crippen molar-refractivity contribution in [1.82, 2.24) is 9.97 Å². The third kappa shape index (κ3) is 3.96. The maximum absolute atomic E-state index is 6.10. The Bertz CT molecular complexity index is 402. The fourth-order valence-corrected chi connectivity index (χ4v) is 2.85. The van der Waals surface area contributed by atoms with E-state index in [4.69, 9.17) is 11.6 Å². The van der Waals surface area contributed by atoms with Crippen LogP contribution in [0.15, 0.2) is 6.20 Å². The van der Waals surface area contributed by atoms with Gasteiger partial charge in [0.25, 0.3) is 0 Å². The molecule has 2 N–H and O–H groups in total. The van der Waals surface area contributed by atoms with E-state index in [9.17, 15) is 0 Å². The topological polar surface area (TPSA) is 49.8 Å². The van der Waals surface area contributed by atoms with Crippen molar-refractivity contribution < 1.29 is 0 Å². The van der Waals surface area contributed by atoms with E-state index >= 15 is 0 Å². The van der Waals surface area contributed by atoms with Crippen molar-refractivity contribution in [1.29, 1.82) is 0 Å². The van der Waals surface area contributed by atoms with Gasteiger partial charge in [0.05, 0.1) is 6.20 Å². The number of nitrogens with one attached hydrogen (secondary N) is 2. The molecule has 0 aliphatic heterocycles. The summed E-state index contributed by atoms with van der Waals surface area (Å²) in [4.78, 5) is 8.42. The molecule has 0 spiro atoms. The molecule has 1 aromatic heterocycles. The van der Waals surface area contributed by atoms with Gasteiger partial charge >= 0.3 is 0 Å². The third-order valence-corrected chi connectivity index (χ3v) is 4.35. The highest BCUT2D eigenvalue weighted by atomic mass is 35.5. The van der Waals surface area contributed by atoms with Crippen molar-refractivity contribution in [2.24, 2.45) is 11.8 Å². The van der Waals surface area contributed by atoms with Gasteiger partial charge in [0.2, 0.25) is 5.95 Å². The first-order chi connectivity index (χ1) is 9.22. The molecule has 1 aliphatic rings. The van der Waals surface area contributed by atoms with E-state index in [1.807, 2.05) is 0 Å². The Labute approximate surface area is 120 Å². The molecule has 2 rings (SSSR count). The molecule has 106 valence electrons. The highest BCUT2D eigenvalue weighted by Gasteiger charge is 2.20. The molecule has 0 radical (unpaired) electrons. The molecule has 1 aromatic rings. The Morgan fingerprint density at radius 1 is 1.26 bits per heavy atom. The van der Waals surface area contributed by atoms with E-state index in [0.717, 1.165) is 24.2 Å². The van der Waals surface area contributed by atoms with Crippen LogP contribution < -0.4 is 10.6 Å². The first kappa shape index (κ1) is 14.4. The maximum Gasteiger partial charge on any atom is 0.224 e. The predicted octanol–water partition coefficient (Wildman–Crippen LogP) is 3.80. The van der Waals surface area contributed by atoms with Crippen LogP contribution in [-0.2, 0) is 0 Å². The van der Waals surface area contributed by atoms with Gasteiger partial charge in [-0.25, -0.2) is 4.98 Å². The van der Waals surface area contributed by atoms with Crippen LogP contribution in [0.5, 0.6) is 0 Å². The average Bonchev–Trinajstić information content (AvgIpc) is 2.47. The number of hydrogen-bond donors (Lipinski definition) is 2. The van der Waals surface area contributed by atoms with Crippen LogP contribution in [0.4, 0.5) is 11.8 Å². The summed E-state index contributed by atoms with van der Waals surface area (Å²) in [7, 11) is 1.80. The minimum atomic E-state index is 0.584. The second kappa shape index (κ2) is 6.94. The lowest BCUT2D eigenvalue weighted by atomic mass is 9.81. The van der Waals surface area contributed by atoms with Crippen LogP contribution in [0.3, 0.4) is 0 Å². The Balaban J connectivity index is 1.85. The van der Waals surface area contributed by atoms with Crippen LogP contribution in [0.25, 0.3) is 0 Å². The summed E-state index contributed by atoms with van der Waals surface area (Å²) in [6.07, 6.45) is 8.31. The van der Waals surface area contributed by atoms with Crippen molar-refractivity contribution in [3.8, 4) is 0 Å². The minimum Gasteiger partial charge on any atom is -0.368 e. The summed E-state index contributed by atoms with van der Waals surface area (Å²) in [5.41, 5.74) is 0. The van der Waals surface area contributed by atoms with E-state index < -0.39 is 0 Å². The molecule has 0 aromatic carbocycles. The third-order valence-electron chi connectivity index (χ3n) is 4.07. The first-order valence-corrected chi connectivity index (χ1v) is 7.54. The lowest BCUT2D eigenvalue weighted by Gasteiger charge is -2.28. The van der Waals surface area contributed by atoms with Gasteiger partial charge < -0.3 is 10.6 Å². The summed E-state index contributed by atoms with van der Waals surface area (Å²) >= 11 is 6.10. The summed E-state index contributed by atoms with van der Waals surface area (Å²) in [6, 6.07) is 0. The summed E-state index contributed by atoms with van der Waals surface area (Å²) < 4.78 is 0. The smallest absolute Gasteiger partial charge is 0.224 e. The second-order valence-corrected chi connectivity index (χ2v) is 5.72. The molecule has 0 atom stereocenters. The van der Waals surface area contributed by atoms with Crippen LogP contribution in [0.1, 0.15) is 39.0 Å². The van der Waals surface area contributed by atoms with E-state index in [1.54, 1.807) is 13.2 Å². The first-order valence-electron chi connectivity index (χ1n) is 7.17. The number of nitrogens with zero attached hydrogens (tertiary/aromatic N) is 2. The minimum absolute atomic E-state index is 0.584. The predicted molar refractivity (Wildman–Crippen MR) is 80.8 cm³/mol. The number of aromatic nitrogens is 2. The lowest BCUT2D eigenvalue weighted by Crippen LogP contribution is -2.21. The highest BCUT2D eigenvalue weighted by Crippen LogP contribution is 2.31. The Hall–Kier alpha value is -1.03. The van der Waals surface area contributed by atoms with Crippen molar-refractivity contribution in [3.63, 3.8) is 0 Å². The molecule has 0 unspecified atom stereocenters. The Kier molecular flexibility index (Phi) is 5.25. The molecule has 4 nitrogen and oxygen atoms in total. The van der Waals surface area contributed by atoms with Gasteiger partial charge in [-0.3, -0.25) is 0 Å². The lowest BCUT2D eigenvalue weighted by molar-refractivity contribution is 0.278. The standard InChI is InChI=1S/C14H23ClN4/c1-3-10-4-6-11(7-5-10)8-17-13-12(15)9-18-14(16-2)19-13/h9-11H,3-8H2,1-2H3,(H2,16,17,18,19).